The Balaban J connectivity index is 1.76. The molecule has 1 aromatic rings. The molecule has 0 bridgehead atoms. The minimum Gasteiger partial charge on any atom is -0.491 e. The third-order valence-corrected chi connectivity index (χ3v) is 2.97. The minimum absolute atomic E-state index is 0.581. The monoisotopic (exact) mass is 249 g/mol. The second-order valence-corrected chi connectivity index (χ2v) is 5.17. The number of hydrogen-bond acceptors (Lipinski definition) is 3. The number of anilines is 1. The Labute approximate surface area is 109 Å². The first kappa shape index (κ1) is 13.2. The molecule has 18 heavy (non-hydrogen) atoms. The van der Waals surface area contributed by atoms with Gasteiger partial charge in [-0.25, -0.2) is 0 Å². The summed E-state index contributed by atoms with van der Waals surface area (Å²) < 4.78 is 11.2. The van der Waals surface area contributed by atoms with Crippen LogP contribution in [0.4, 0.5) is 5.69 Å². The highest BCUT2D eigenvalue weighted by Crippen LogP contribution is 2.26. The summed E-state index contributed by atoms with van der Waals surface area (Å²) >= 11 is 0. The molecule has 0 atom stereocenters. The van der Waals surface area contributed by atoms with Crippen LogP contribution < -0.4 is 10.1 Å². The Kier molecular flexibility index (Phi) is 4.88. The number of aryl methyl sites for hydroxylation is 1. The van der Waals surface area contributed by atoms with Crippen LogP contribution in [0.1, 0.15) is 25.8 Å². The van der Waals surface area contributed by atoms with Gasteiger partial charge in [-0.3, -0.25) is 0 Å². The summed E-state index contributed by atoms with van der Waals surface area (Å²) in [5, 5.41) is 3.41. The lowest BCUT2D eigenvalue weighted by Gasteiger charge is -2.18. The lowest BCUT2D eigenvalue weighted by atomic mass is 10.0. The fourth-order valence-corrected chi connectivity index (χ4v) is 2.07. The van der Waals surface area contributed by atoms with Gasteiger partial charge in [0.15, 0.2) is 0 Å². The molecule has 100 valence electrons. The number of rotatable bonds is 6. The van der Waals surface area contributed by atoms with E-state index >= 15 is 0 Å². The Morgan fingerprint density at radius 2 is 2.17 bits per heavy atom. The predicted molar refractivity (Wildman–Crippen MR) is 74.4 cm³/mol. The number of ether oxygens (including phenoxy) is 2. The third-order valence-electron chi connectivity index (χ3n) is 2.97. The smallest absolute Gasteiger partial charge is 0.121 e. The number of hydrogen-bond donors (Lipinski definition) is 1. The fraction of sp³-hybridized carbons (Fsp3) is 0.600. The van der Waals surface area contributed by atoms with Crippen molar-refractivity contribution in [3.63, 3.8) is 0 Å². The maximum atomic E-state index is 5.69. The number of benzene rings is 1. The molecule has 3 heteroatoms. The van der Waals surface area contributed by atoms with Crippen LogP contribution in [0, 0.1) is 5.92 Å². The minimum atomic E-state index is 0.581. The average molecular weight is 249 g/mol. The molecule has 0 aliphatic carbocycles. The van der Waals surface area contributed by atoms with E-state index in [0.29, 0.717) is 19.1 Å². The molecule has 1 aliphatic rings. The van der Waals surface area contributed by atoms with Gasteiger partial charge in [0.1, 0.15) is 12.4 Å². The van der Waals surface area contributed by atoms with Gasteiger partial charge in [0.2, 0.25) is 0 Å². The lowest BCUT2D eigenvalue weighted by Crippen LogP contribution is -2.13. The zero-order chi connectivity index (χ0) is 12.8. The summed E-state index contributed by atoms with van der Waals surface area (Å²) in [5.41, 5.74) is 2.62. The van der Waals surface area contributed by atoms with Gasteiger partial charge in [-0.1, -0.05) is 19.9 Å². The Hall–Kier alpha value is -1.22. The van der Waals surface area contributed by atoms with Gasteiger partial charge < -0.3 is 14.8 Å². The fourth-order valence-electron chi connectivity index (χ4n) is 2.07. The first-order valence-corrected chi connectivity index (χ1v) is 6.83. The quantitative estimate of drug-likeness (QED) is 0.786. The summed E-state index contributed by atoms with van der Waals surface area (Å²) in [6.07, 6.45) is 2.39. The van der Waals surface area contributed by atoms with Crippen LogP contribution in [0.25, 0.3) is 0 Å². The van der Waals surface area contributed by atoms with Crippen molar-refractivity contribution in [1.29, 1.82) is 0 Å². The standard InChI is InChI=1S/C15H23NO2/c1-12(2)11-17-8-9-18-14-6-5-13-4-3-7-16-15(13)10-14/h5-6,10,12,16H,3-4,7-9,11H2,1-2H3. The van der Waals surface area contributed by atoms with E-state index in [4.69, 9.17) is 9.47 Å². The second kappa shape index (κ2) is 6.64. The zero-order valence-electron chi connectivity index (χ0n) is 11.4. The van der Waals surface area contributed by atoms with Gasteiger partial charge in [0, 0.05) is 24.9 Å². The van der Waals surface area contributed by atoms with E-state index in [2.05, 4.69) is 31.3 Å². The first-order valence-electron chi connectivity index (χ1n) is 6.83. The normalized spacial score (nSPS) is 14.2. The molecule has 0 aromatic heterocycles. The Morgan fingerprint density at radius 3 is 3.00 bits per heavy atom. The molecule has 0 fully saturated rings. The number of nitrogens with one attached hydrogen (secondary N) is 1. The maximum Gasteiger partial charge on any atom is 0.121 e. The first-order chi connectivity index (χ1) is 8.75. The largest absolute Gasteiger partial charge is 0.491 e. The van der Waals surface area contributed by atoms with E-state index in [9.17, 15) is 0 Å². The third kappa shape index (κ3) is 3.91. The molecule has 0 spiro atoms. The van der Waals surface area contributed by atoms with Crippen molar-refractivity contribution in [3.8, 4) is 5.75 Å². The molecule has 1 heterocycles. The van der Waals surface area contributed by atoms with Gasteiger partial charge in [-0.2, -0.15) is 0 Å². The van der Waals surface area contributed by atoms with Crippen LogP contribution in [0.2, 0.25) is 0 Å². The molecule has 1 aliphatic heterocycles. The van der Waals surface area contributed by atoms with Crippen LogP contribution in [0.5, 0.6) is 5.75 Å². The van der Waals surface area contributed by atoms with Gasteiger partial charge in [0.25, 0.3) is 0 Å². The SMILES string of the molecule is CC(C)COCCOc1ccc2c(c1)NCCC2. The zero-order valence-corrected chi connectivity index (χ0v) is 11.4. The summed E-state index contributed by atoms with van der Waals surface area (Å²) in [4.78, 5) is 0. The van der Waals surface area contributed by atoms with Crippen LogP contribution in [-0.2, 0) is 11.2 Å². The van der Waals surface area contributed by atoms with Crippen molar-refractivity contribution in [1.82, 2.24) is 0 Å². The van der Waals surface area contributed by atoms with Crippen molar-refractivity contribution < 1.29 is 9.47 Å². The molecule has 0 unspecified atom stereocenters. The van der Waals surface area contributed by atoms with E-state index in [1.54, 1.807) is 0 Å². The van der Waals surface area contributed by atoms with E-state index in [1.807, 2.05) is 6.07 Å². The molecule has 0 amide bonds. The molecule has 1 N–H and O–H groups in total. The van der Waals surface area contributed by atoms with Crippen molar-refractivity contribution in [2.45, 2.75) is 26.7 Å². The van der Waals surface area contributed by atoms with Crippen molar-refractivity contribution in [2.24, 2.45) is 5.92 Å². The predicted octanol–water partition coefficient (Wildman–Crippen LogP) is 3.10. The summed E-state index contributed by atoms with van der Waals surface area (Å²) in [5.74, 6) is 1.51. The highest BCUT2D eigenvalue weighted by molar-refractivity contribution is 5.56. The topological polar surface area (TPSA) is 30.5 Å². The molecule has 2 rings (SSSR count). The molecular formula is C15H23NO2. The summed E-state index contributed by atoms with van der Waals surface area (Å²) in [6.45, 7) is 7.43. The van der Waals surface area contributed by atoms with Gasteiger partial charge in [0.05, 0.1) is 6.61 Å². The van der Waals surface area contributed by atoms with Crippen LogP contribution in [-0.4, -0.2) is 26.4 Å². The van der Waals surface area contributed by atoms with Crippen molar-refractivity contribution in [2.75, 3.05) is 31.7 Å². The molecular weight excluding hydrogens is 226 g/mol. The summed E-state index contributed by atoms with van der Waals surface area (Å²) in [6, 6.07) is 6.30. The molecule has 3 nitrogen and oxygen atoms in total. The van der Waals surface area contributed by atoms with E-state index < -0.39 is 0 Å². The van der Waals surface area contributed by atoms with Gasteiger partial charge >= 0.3 is 0 Å². The van der Waals surface area contributed by atoms with Crippen LogP contribution >= 0.6 is 0 Å². The number of fused-ring (bicyclic) bond motifs is 1. The van der Waals surface area contributed by atoms with E-state index in [1.165, 1.54) is 24.1 Å². The molecule has 0 radical (unpaired) electrons. The van der Waals surface area contributed by atoms with Gasteiger partial charge in [-0.15, -0.1) is 0 Å². The lowest BCUT2D eigenvalue weighted by molar-refractivity contribution is 0.0819. The highest BCUT2D eigenvalue weighted by atomic mass is 16.5. The van der Waals surface area contributed by atoms with E-state index in [-0.39, 0.29) is 0 Å². The van der Waals surface area contributed by atoms with Gasteiger partial charge in [-0.05, 0) is 30.4 Å². The highest BCUT2D eigenvalue weighted by Gasteiger charge is 2.08. The van der Waals surface area contributed by atoms with Crippen LogP contribution in [0.3, 0.4) is 0 Å². The average Bonchev–Trinajstić information content (AvgIpc) is 2.38. The van der Waals surface area contributed by atoms with E-state index in [0.717, 1.165) is 18.9 Å². The molecule has 0 saturated heterocycles. The van der Waals surface area contributed by atoms with Crippen molar-refractivity contribution >= 4 is 5.69 Å². The second-order valence-electron chi connectivity index (χ2n) is 5.17. The van der Waals surface area contributed by atoms with Crippen molar-refractivity contribution in [3.05, 3.63) is 23.8 Å². The Bertz CT molecular complexity index is 377. The summed E-state index contributed by atoms with van der Waals surface area (Å²) in [7, 11) is 0. The van der Waals surface area contributed by atoms with Crippen LogP contribution in [0.15, 0.2) is 18.2 Å². The molecule has 1 aromatic carbocycles. The maximum absolute atomic E-state index is 5.69. The molecule has 0 saturated carbocycles. The Morgan fingerprint density at radius 1 is 1.28 bits per heavy atom.